The minimum absolute atomic E-state index is 0.0792. The van der Waals surface area contributed by atoms with Crippen LogP contribution in [0.25, 0.3) is 0 Å². The van der Waals surface area contributed by atoms with E-state index in [9.17, 15) is 0 Å². The molecule has 0 saturated carbocycles. The zero-order valence-electron chi connectivity index (χ0n) is 13.1. The third kappa shape index (κ3) is 3.76. The van der Waals surface area contributed by atoms with Crippen molar-refractivity contribution in [3.8, 4) is 11.5 Å². The van der Waals surface area contributed by atoms with Gasteiger partial charge in [0.1, 0.15) is 18.1 Å². The lowest BCUT2D eigenvalue weighted by atomic mass is 10.1. The second kappa shape index (κ2) is 6.64. The number of ether oxygens (including phenoxy) is 2. The Morgan fingerprint density at radius 2 is 1.86 bits per heavy atom. The molecule has 3 nitrogen and oxygen atoms in total. The Morgan fingerprint density at radius 1 is 1.10 bits per heavy atom. The second-order valence-electron chi connectivity index (χ2n) is 5.41. The number of hydrogen-bond acceptors (Lipinski definition) is 3. The lowest BCUT2D eigenvalue weighted by molar-refractivity contribution is 0.298. The van der Waals surface area contributed by atoms with Crippen molar-refractivity contribution in [1.29, 1.82) is 0 Å². The van der Waals surface area contributed by atoms with Crippen molar-refractivity contribution in [2.24, 2.45) is 5.73 Å². The molecule has 21 heavy (non-hydrogen) atoms. The van der Waals surface area contributed by atoms with Crippen LogP contribution in [0.5, 0.6) is 11.5 Å². The summed E-state index contributed by atoms with van der Waals surface area (Å²) in [6.07, 6.45) is 0. The molecule has 0 aliphatic heterocycles. The van der Waals surface area contributed by atoms with Crippen molar-refractivity contribution >= 4 is 0 Å². The summed E-state index contributed by atoms with van der Waals surface area (Å²) in [5.41, 5.74) is 10.6. The minimum atomic E-state index is -0.0792. The maximum absolute atomic E-state index is 6.01. The summed E-state index contributed by atoms with van der Waals surface area (Å²) >= 11 is 0. The first kappa shape index (κ1) is 15.4. The average molecular weight is 285 g/mol. The van der Waals surface area contributed by atoms with Gasteiger partial charge in [-0.25, -0.2) is 0 Å². The molecular formula is C18H23NO2. The van der Waals surface area contributed by atoms with Gasteiger partial charge < -0.3 is 15.2 Å². The lowest BCUT2D eigenvalue weighted by Crippen LogP contribution is -2.08. The maximum Gasteiger partial charge on any atom is 0.128 e. The number of aryl methyl sites for hydroxylation is 2. The lowest BCUT2D eigenvalue weighted by Gasteiger charge is -2.16. The van der Waals surface area contributed by atoms with Crippen molar-refractivity contribution in [2.45, 2.75) is 33.4 Å². The molecule has 0 heterocycles. The molecule has 2 aromatic carbocycles. The molecule has 0 aliphatic carbocycles. The Labute approximate surface area is 126 Å². The van der Waals surface area contributed by atoms with Gasteiger partial charge in [-0.2, -0.15) is 0 Å². The summed E-state index contributed by atoms with van der Waals surface area (Å²) in [5, 5.41) is 0. The van der Waals surface area contributed by atoms with Gasteiger partial charge in [0.05, 0.1) is 7.11 Å². The normalized spacial score (nSPS) is 12.0. The third-order valence-corrected chi connectivity index (χ3v) is 3.60. The molecule has 1 atom stereocenters. The Morgan fingerprint density at radius 3 is 2.52 bits per heavy atom. The number of methoxy groups -OCH3 is 1. The van der Waals surface area contributed by atoms with Gasteiger partial charge in [-0.3, -0.25) is 0 Å². The Kier molecular flexibility index (Phi) is 4.86. The molecule has 0 fully saturated rings. The molecule has 0 spiro atoms. The van der Waals surface area contributed by atoms with Crippen LogP contribution in [-0.4, -0.2) is 7.11 Å². The van der Waals surface area contributed by atoms with Crippen LogP contribution in [-0.2, 0) is 6.61 Å². The van der Waals surface area contributed by atoms with E-state index in [-0.39, 0.29) is 6.04 Å². The number of benzene rings is 2. The highest BCUT2D eigenvalue weighted by Gasteiger charge is 2.10. The second-order valence-corrected chi connectivity index (χ2v) is 5.41. The van der Waals surface area contributed by atoms with Crippen LogP contribution in [0.3, 0.4) is 0 Å². The van der Waals surface area contributed by atoms with Crippen molar-refractivity contribution in [3.05, 3.63) is 58.7 Å². The van der Waals surface area contributed by atoms with E-state index in [1.807, 2.05) is 25.1 Å². The number of hydrogen-bond donors (Lipinski definition) is 1. The summed E-state index contributed by atoms with van der Waals surface area (Å²) in [4.78, 5) is 0. The third-order valence-electron chi connectivity index (χ3n) is 3.60. The van der Waals surface area contributed by atoms with Crippen molar-refractivity contribution in [2.75, 3.05) is 7.11 Å². The molecule has 112 valence electrons. The fourth-order valence-electron chi connectivity index (χ4n) is 2.25. The predicted octanol–water partition coefficient (Wildman–Crippen LogP) is 3.91. The smallest absolute Gasteiger partial charge is 0.128 e. The Bertz CT molecular complexity index is 621. The van der Waals surface area contributed by atoms with Crippen LogP contribution in [0.2, 0.25) is 0 Å². The molecular weight excluding hydrogens is 262 g/mol. The zero-order valence-corrected chi connectivity index (χ0v) is 13.1. The molecule has 0 saturated heterocycles. The molecule has 0 radical (unpaired) electrons. The van der Waals surface area contributed by atoms with Gasteiger partial charge in [-0.15, -0.1) is 0 Å². The van der Waals surface area contributed by atoms with E-state index in [0.29, 0.717) is 6.61 Å². The van der Waals surface area contributed by atoms with E-state index in [1.165, 1.54) is 16.7 Å². The molecule has 3 heteroatoms. The highest BCUT2D eigenvalue weighted by atomic mass is 16.5. The van der Waals surface area contributed by atoms with Gasteiger partial charge >= 0.3 is 0 Å². The Balaban J connectivity index is 2.24. The molecule has 2 aromatic rings. The van der Waals surface area contributed by atoms with Crippen LogP contribution in [0, 0.1) is 13.8 Å². The fraction of sp³-hybridized carbons (Fsp3) is 0.333. The van der Waals surface area contributed by atoms with E-state index >= 15 is 0 Å². The SMILES string of the molecule is COc1ccc([C@@H](C)N)c(OCc2cc(C)ccc2C)c1. The van der Waals surface area contributed by atoms with E-state index in [2.05, 4.69) is 32.0 Å². The quantitative estimate of drug-likeness (QED) is 0.905. The van der Waals surface area contributed by atoms with Crippen molar-refractivity contribution in [3.63, 3.8) is 0 Å². The first-order chi connectivity index (χ1) is 10.0. The van der Waals surface area contributed by atoms with Crippen LogP contribution < -0.4 is 15.2 Å². The molecule has 2 N–H and O–H groups in total. The van der Waals surface area contributed by atoms with Crippen LogP contribution >= 0.6 is 0 Å². The summed E-state index contributed by atoms with van der Waals surface area (Å²) in [5.74, 6) is 1.56. The van der Waals surface area contributed by atoms with Crippen LogP contribution in [0.4, 0.5) is 0 Å². The first-order valence-electron chi connectivity index (χ1n) is 7.13. The topological polar surface area (TPSA) is 44.5 Å². The maximum atomic E-state index is 6.01. The van der Waals surface area contributed by atoms with E-state index in [1.54, 1.807) is 7.11 Å². The van der Waals surface area contributed by atoms with Crippen molar-refractivity contribution < 1.29 is 9.47 Å². The van der Waals surface area contributed by atoms with Gasteiger partial charge in [0, 0.05) is 17.7 Å². The highest BCUT2D eigenvalue weighted by Crippen LogP contribution is 2.29. The molecule has 0 amide bonds. The Hall–Kier alpha value is -2.00. The zero-order chi connectivity index (χ0) is 15.4. The van der Waals surface area contributed by atoms with Crippen molar-refractivity contribution in [1.82, 2.24) is 0 Å². The molecule has 2 rings (SSSR count). The van der Waals surface area contributed by atoms with E-state index in [0.717, 1.165) is 17.1 Å². The summed E-state index contributed by atoms with van der Waals surface area (Å²) in [6.45, 7) is 6.66. The minimum Gasteiger partial charge on any atom is -0.497 e. The number of rotatable bonds is 5. The first-order valence-corrected chi connectivity index (χ1v) is 7.13. The molecule has 0 aliphatic rings. The average Bonchev–Trinajstić information content (AvgIpc) is 2.47. The number of nitrogens with two attached hydrogens (primary N) is 1. The van der Waals surface area contributed by atoms with E-state index in [4.69, 9.17) is 15.2 Å². The van der Waals surface area contributed by atoms with Crippen LogP contribution in [0.15, 0.2) is 36.4 Å². The highest BCUT2D eigenvalue weighted by molar-refractivity contribution is 5.42. The monoisotopic (exact) mass is 285 g/mol. The van der Waals surface area contributed by atoms with Gasteiger partial charge in [-0.05, 0) is 38.0 Å². The molecule has 0 unspecified atom stereocenters. The van der Waals surface area contributed by atoms with Crippen LogP contribution in [0.1, 0.15) is 35.2 Å². The van der Waals surface area contributed by atoms with E-state index < -0.39 is 0 Å². The largest absolute Gasteiger partial charge is 0.497 e. The predicted molar refractivity (Wildman–Crippen MR) is 85.8 cm³/mol. The van der Waals surface area contributed by atoms with Gasteiger partial charge in [0.25, 0.3) is 0 Å². The standard InChI is InChI=1S/C18H23NO2/c1-12-5-6-13(2)15(9-12)11-21-18-10-16(20-4)7-8-17(18)14(3)19/h5-10,14H,11,19H2,1-4H3/t14-/m1/s1. The fourth-order valence-corrected chi connectivity index (χ4v) is 2.25. The summed E-state index contributed by atoms with van der Waals surface area (Å²) < 4.78 is 11.3. The van der Waals surface area contributed by atoms with Gasteiger partial charge in [-0.1, -0.05) is 29.8 Å². The van der Waals surface area contributed by atoms with Gasteiger partial charge in [0.2, 0.25) is 0 Å². The van der Waals surface area contributed by atoms with Gasteiger partial charge in [0.15, 0.2) is 0 Å². The molecule has 0 aromatic heterocycles. The summed E-state index contributed by atoms with van der Waals surface area (Å²) in [6, 6.07) is 12.1. The molecule has 0 bridgehead atoms. The summed E-state index contributed by atoms with van der Waals surface area (Å²) in [7, 11) is 1.65.